The largest absolute Gasteiger partial charge is 0.329 e. The molecule has 2 nitrogen and oxygen atoms in total. The molecule has 1 aliphatic rings. The third-order valence-corrected chi connectivity index (χ3v) is 1.66. The van der Waals surface area contributed by atoms with Crippen LogP contribution in [0.1, 0.15) is 6.42 Å². The van der Waals surface area contributed by atoms with Crippen molar-refractivity contribution in [2.24, 2.45) is 5.73 Å². The van der Waals surface area contributed by atoms with Crippen molar-refractivity contribution in [2.45, 2.75) is 12.6 Å². The topological polar surface area (TPSA) is 29.3 Å². The molecule has 0 aromatic carbocycles. The minimum absolute atomic E-state index is 0. The Morgan fingerprint density at radius 3 is 2.45 bits per heavy atom. The Morgan fingerprint density at radius 1 is 1.45 bits per heavy atom. The Morgan fingerprint density at radius 2 is 2.09 bits per heavy atom. The predicted octanol–water partition coefficient (Wildman–Crippen LogP) is 0.833. The SMILES string of the molecule is Cl.Cl.NCCN1CCC(F)C1. The van der Waals surface area contributed by atoms with E-state index in [1.807, 2.05) is 0 Å². The molecule has 1 unspecified atom stereocenters. The van der Waals surface area contributed by atoms with Crippen LogP contribution in [0, 0.1) is 0 Å². The van der Waals surface area contributed by atoms with Crippen LogP contribution in [0.4, 0.5) is 4.39 Å². The first-order chi connectivity index (χ1) is 4.33. The third-order valence-electron chi connectivity index (χ3n) is 1.66. The maximum absolute atomic E-state index is 12.4. The van der Waals surface area contributed by atoms with Crippen molar-refractivity contribution in [3.63, 3.8) is 0 Å². The molecule has 1 saturated heterocycles. The van der Waals surface area contributed by atoms with Crippen molar-refractivity contribution in [3.8, 4) is 0 Å². The van der Waals surface area contributed by atoms with Gasteiger partial charge in [-0.25, -0.2) is 4.39 Å². The Labute approximate surface area is 79.1 Å². The number of hydrogen-bond acceptors (Lipinski definition) is 2. The molecule has 1 rings (SSSR count). The van der Waals surface area contributed by atoms with Gasteiger partial charge in [-0.15, -0.1) is 24.8 Å². The molecule has 1 atom stereocenters. The molecule has 11 heavy (non-hydrogen) atoms. The van der Waals surface area contributed by atoms with Gasteiger partial charge in [0.15, 0.2) is 0 Å². The summed E-state index contributed by atoms with van der Waals surface area (Å²) in [5.74, 6) is 0. The van der Waals surface area contributed by atoms with E-state index in [0.29, 0.717) is 19.5 Å². The lowest BCUT2D eigenvalue weighted by molar-refractivity contribution is 0.293. The van der Waals surface area contributed by atoms with Gasteiger partial charge in [0.1, 0.15) is 6.17 Å². The highest BCUT2D eigenvalue weighted by atomic mass is 35.5. The summed E-state index contributed by atoms with van der Waals surface area (Å²) < 4.78 is 12.4. The molecule has 5 heteroatoms. The van der Waals surface area contributed by atoms with Crippen molar-refractivity contribution >= 4 is 24.8 Å². The van der Waals surface area contributed by atoms with Crippen LogP contribution in [0.5, 0.6) is 0 Å². The molecule has 0 bridgehead atoms. The smallest absolute Gasteiger partial charge is 0.114 e. The average molecular weight is 205 g/mol. The number of likely N-dealkylation sites (tertiary alicyclic amines) is 1. The van der Waals surface area contributed by atoms with Crippen LogP contribution in [0.2, 0.25) is 0 Å². The monoisotopic (exact) mass is 204 g/mol. The molecule has 2 N–H and O–H groups in total. The molecule has 70 valence electrons. The highest BCUT2D eigenvalue weighted by Gasteiger charge is 2.20. The normalized spacial score (nSPS) is 24.0. The first kappa shape index (κ1) is 14.0. The zero-order valence-corrected chi connectivity index (χ0v) is 7.96. The van der Waals surface area contributed by atoms with Crippen LogP contribution < -0.4 is 5.73 Å². The van der Waals surface area contributed by atoms with Crippen LogP contribution in [0.15, 0.2) is 0 Å². The summed E-state index contributed by atoms with van der Waals surface area (Å²) in [6.45, 7) is 2.97. The van der Waals surface area contributed by atoms with E-state index in [0.717, 1.165) is 13.1 Å². The molecule has 0 saturated carbocycles. The molecule has 0 amide bonds. The lowest BCUT2D eigenvalue weighted by Gasteiger charge is -2.11. The van der Waals surface area contributed by atoms with Gasteiger partial charge in [0.25, 0.3) is 0 Å². The van der Waals surface area contributed by atoms with Crippen molar-refractivity contribution in [1.82, 2.24) is 4.90 Å². The van der Waals surface area contributed by atoms with Gasteiger partial charge in [0, 0.05) is 26.2 Å². The molecule has 0 aliphatic carbocycles. The summed E-state index contributed by atoms with van der Waals surface area (Å²) in [6, 6.07) is 0. The highest BCUT2D eigenvalue weighted by molar-refractivity contribution is 5.85. The van der Waals surface area contributed by atoms with Crippen molar-refractivity contribution in [1.29, 1.82) is 0 Å². The van der Waals surface area contributed by atoms with Gasteiger partial charge < -0.3 is 5.73 Å². The van der Waals surface area contributed by atoms with E-state index in [-0.39, 0.29) is 24.8 Å². The number of rotatable bonds is 2. The molecular formula is C6H15Cl2FN2. The fourth-order valence-electron chi connectivity index (χ4n) is 1.17. The molecule has 1 fully saturated rings. The lowest BCUT2D eigenvalue weighted by Crippen LogP contribution is -2.27. The Kier molecular flexibility index (Phi) is 9.02. The van der Waals surface area contributed by atoms with Crippen molar-refractivity contribution in [3.05, 3.63) is 0 Å². The van der Waals surface area contributed by atoms with Crippen LogP contribution in [-0.4, -0.2) is 37.3 Å². The minimum Gasteiger partial charge on any atom is -0.329 e. The fraction of sp³-hybridized carbons (Fsp3) is 1.00. The van der Waals surface area contributed by atoms with Crippen LogP contribution >= 0.6 is 24.8 Å². The van der Waals surface area contributed by atoms with E-state index in [2.05, 4.69) is 4.90 Å². The summed E-state index contributed by atoms with van der Waals surface area (Å²) in [5, 5.41) is 0. The van der Waals surface area contributed by atoms with Gasteiger partial charge in [0.05, 0.1) is 0 Å². The quantitative estimate of drug-likeness (QED) is 0.723. The van der Waals surface area contributed by atoms with Crippen LogP contribution in [0.3, 0.4) is 0 Å². The molecule has 1 heterocycles. The molecule has 0 radical (unpaired) electrons. The Hall–Kier alpha value is 0.430. The van der Waals surface area contributed by atoms with E-state index < -0.39 is 6.17 Å². The number of hydrogen-bond donors (Lipinski definition) is 1. The second kappa shape index (κ2) is 7.10. The fourth-order valence-corrected chi connectivity index (χ4v) is 1.17. The van der Waals surface area contributed by atoms with Gasteiger partial charge in [0.2, 0.25) is 0 Å². The summed E-state index contributed by atoms with van der Waals surface area (Å²) >= 11 is 0. The second-order valence-electron chi connectivity index (χ2n) is 2.48. The molecule has 0 aromatic rings. The number of alkyl halides is 1. The lowest BCUT2D eigenvalue weighted by atomic mass is 10.3. The second-order valence-corrected chi connectivity index (χ2v) is 2.48. The van der Waals surface area contributed by atoms with E-state index in [1.54, 1.807) is 0 Å². The van der Waals surface area contributed by atoms with Crippen molar-refractivity contribution < 1.29 is 4.39 Å². The molecule has 0 aromatic heterocycles. The number of nitrogens with zero attached hydrogens (tertiary/aromatic N) is 1. The van der Waals surface area contributed by atoms with E-state index in [4.69, 9.17) is 5.73 Å². The van der Waals surface area contributed by atoms with Crippen LogP contribution in [-0.2, 0) is 0 Å². The maximum Gasteiger partial charge on any atom is 0.114 e. The summed E-state index contributed by atoms with van der Waals surface area (Å²) in [5.41, 5.74) is 5.29. The van der Waals surface area contributed by atoms with Gasteiger partial charge in [-0.2, -0.15) is 0 Å². The van der Waals surface area contributed by atoms with Gasteiger partial charge in [-0.05, 0) is 6.42 Å². The van der Waals surface area contributed by atoms with E-state index in [9.17, 15) is 4.39 Å². The highest BCUT2D eigenvalue weighted by Crippen LogP contribution is 2.10. The summed E-state index contributed by atoms with van der Waals surface area (Å²) in [6.07, 6.45) is 0.0940. The van der Waals surface area contributed by atoms with Gasteiger partial charge in [-0.3, -0.25) is 4.90 Å². The molecular weight excluding hydrogens is 190 g/mol. The summed E-state index contributed by atoms with van der Waals surface area (Å²) in [7, 11) is 0. The standard InChI is InChI=1S/C6H13FN2.2ClH/c7-6-1-3-9(5-6)4-2-8;;/h6H,1-5,8H2;2*1H. The first-order valence-electron chi connectivity index (χ1n) is 3.39. The summed E-state index contributed by atoms with van der Waals surface area (Å²) in [4.78, 5) is 2.06. The minimum atomic E-state index is -0.600. The number of nitrogens with two attached hydrogens (primary N) is 1. The molecule has 1 aliphatic heterocycles. The predicted molar refractivity (Wildman–Crippen MR) is 49.5 cm³/mol. The Balaban J connectivity index is 0. The third kappa shape index (κ3) is 4.80. The molecule has 0 spiro atoms. The first-order valence-corrected chi connectivity index (χ1v) is 3.39. The van der Waals surface area contributed by atoms with E-state index >= 15 is 0 Å². The van der Waals surface area contributed by atoms with Crippen molar-refractivity contribution in [2.75, 3.05) is 26.2 Å². The van der Waals surface area contributed by atoms with Gasteiger partial charge in [-0.1, -0.05) is 0 Å². The average Bonchev–Trinajstić information content (AvgIpc) is 2.17. The Bertz CT molecular complexity index is 92.7. The van der Waals surface area contributed by atoms with Crippen LogP contribution in [0.25, 0.3) is 0 Å². The maximum atomic E-state index is 12.4. The van der Waals surface area contributed by atoms with E-state index in [1.165, 1.54) is 0 Å². The zero-order chi connectivity index (χ0) is 6.69. The number of halogens is 3. The zero-order valence-electron chi connectivity index (χ0n) is 6.33. The van der Waals surface area contributed by atoms with Gasteiger partial charge >= 0.3 is 0 Å².